The lowest BCUT2D eigenvalue weighted by Gasteiger charge is -2.11. The molecule has 2 atom stereocenters. The Labute approximate surface area is 115 Å². The van der Waals surface area contributed by atoms with Crippen molar-refractivity contribution in [2.24, 2.45) is 5.92 Å². The smallest absolute Gasteiger partial charge is 0.0548 e. The van der Waals surface area contributed by atoms with Crippen LogP contribution in [0, 0.1) is 5.92 Å². The highest BCUT2D eigenvalue weighted by Gasteiger charge is 2.21. The van der Waals surface area contributed by atoms with E-state index in [0.29, 0.717) is 5.92 Å². The predicted molar refractivity (Wildman–Crippen MR) is 74.2 cm³/mol. The number of halogens is 2. The van der Waals surface area contributed by atoms with Crippen molar-refractivity contribution in [3.8, 4) is 0 Å². The maximum Gasteiger partial charge on any atom is 0.0548 e. The molecule has 0 aromatic heterocycles. The van der Waals surface area contributed by atoms with Crippen LogP contribution in [-0.4, -0.2) is 17.8 Å². The van der Waals surface area contributed by atoms with Crippen LogP contribution in [0.4, 0.5) is 0 Å². The van der Waals surface area contributed by atoms with E-state index in [-0.39, 0.29) is 6.10 Å². The zero-order valence-electron chi connectivity index (χ0n) is 9.63. The standard InChI is InChI=1S/C13H17BrClNO/c14-12-6-10(2-4-13(12)15)8-16-7-9-1-3-11(17)5-9/h2,4,6,9,11,16-17H,1,3,5,7-8H2. The van der Waals surface area contributed by atoms with Crippen LogP contribution in [0.15, 0.2) is 22.7 Å². The summed E-state index contributed by atoms with van der Waals surface area (Å²) in [6, 6.07) is 5.98. The van der Waals surface area contributed by atoms with Crippen molar-refractivity contribution >= 4 is 27.5 Å². The van der Waals surface area contributed by atoms with E-state index in [1.165, 1.54) is 5.56 Å². The molecule has 0 saturated heterocycles. The topological polar surface area (TPSA) is 32.3 Å². The van der Waals surface area contributed by atoms with Gasteiger partial charge in [0.25, 0.3) is 0 Å². The lowest BCUT2D eigenvalue weighted by Crippen LogP contribution is -2.21. The molecule has 17 heavy (non-hydrogen) atoms. The van der Waals surface area contributed by atoms with Crippen molar-refractivity contribution in [3.63, 3.8) is 0 Å². The second-order valence-electron chi connectivity index (χ2n) is 4.71. The zero-order chi connectivity index (χ0) is 12.3. The molecule has 2 nitrogen and oxygen atoms in total. The number of aliphatic hydroxyl groups is 1. The lowest BCUT2D eigenvalue weighted by molar-refractivity contribution is 0.177. The van der Waals surface area contributed by atoms with E-state index in [4.69, 9.17) is 11.6 Å². The Morgan fingerprint density at radius 2 is 2.24 bits per heavy atom. The largest absolute Gasteiger partial charge is 0.393 e. The van der Waals surface area contributed by atoms with Crippen molar-refractivity contribution in [2.75, 3.05) is 6.54 Å². The van der Waals surface area contributed by atoms with Gasteiger partial charge in [-0.15, -0.1) is 0 Å². The van der Waals surface area contributed by atoms with Gasteiger partial charge < -0.3 is 10.4 Å². The van der Waals surface area contributed by atoms with Crippen molar-refractivity contribution in [1.82, 2.24) is 5.32 Å². The molecule has 0 amide bonds. The molecule has 1 aliphatic rings. The average molecular weight is 319 g/mol. The number of hydrogen-bond donors (Lipinski definition) is 2. The molecular weight excluding hydrogens is 302 g/mol. The summed E-state index contributed by atoms with van der Waals surface area (Å²) in [6.45, 7) is 1.83. The molecule has 2 unspecified atom stereocenters. The van der Waals surface area contributed by atoms with Gasteiger partial charge in [0, 0.05) is 11.0 Å². The van der Waals surface area contributed by atoms with Gasteiger partial charge in [-0.05, 0) is 65.4 Å². The summed E-state index contributed by atoms with van der Waals surface area (Å²) in [5, 5.41) is 13.6. The minimum atomic E-state index is -0.0773. The highest BCUT2D eigenvalue weighted by Crippen LogP contribution is 2.25. The first kappa shape index (κ1) is 13.3. The summed E-state index contributed by atoms with van der Waals surface area (Å²) in [4.78, 5) is 0. The van der Waals surface area contributed by atoms with Crippen LogP contribution in [-0.2, 0) is 6.54 Å². The maximum absolute atomic E-state index is 9.43. The van der Waals surface area contributed by atoms with Crippen LogP contribution in [0.2, 0.25) is 5.02 Å². The molecule has 1 aliphatic carbocycles. The molecule has 2 N–H and O–H groups in total. The number of nitrogens with one attached hydrogen (secondary N) is 1. The quantitative estimate of drug-likeness (QED) is 0.892. The summed E-state index contributed by atoms with van der Waals surface area (Å²) in [6.07, 6.45) is 2.96. The van der Waals surface area contributed by atoms with Crippen LogP contribution in [0.5, 0.6) is 0 Å². The minimum Gasteiger partial charge on any atom is -0.393 e. The van der Waals surface area contributed by atoms with E-state index in [1.54, 1.807) is 0 Å². The van der Waals surface area contributed by atoms with Gasteiger partial charge in [0.2, 0.25) is 0 Å². The van der Waals surface area contributed by atoms with Gasteiger partial charge in [0.15, 0.2) is 0 Å². The van der Waals surface area contributed by atoms with Gasteiger partial charge in [-0.3, -0.25) is 0 Å². The Morgan fingerprint density at radius 1 is 1.41 bits per heavy atom. The molecule has 94 valence electrons. The monoisotopic (exact) mass is 317 g/mol. The highest BCUT2D eigenvalue weighted by molar-refractivity contribution is 9.10. The van der Waals surface area contributed by atoms with Gasteiger partial charge in [0.05, 0.1) is 11.1 Å². The Bertz CT molecular complexity index is 386. The summed E-state index contributed by atoms with van der Waals surface area (Å²) >= 11 is 9.36. The molecule has 0 radical (unpaired) electrons. The predicted octanol–water partition coefficient (Wildman–Crippen LogP) is 3.35. The Balaban J connectivity index is 1.76. The second-order valence-corrected chi connectivity index (χ2v) is 5.97. The van der Waals surface area contributed by atoms with Crippen LogP contribution < -0.4 is 5.32 Å². The van der Waals surface area contributed by atoms with Gasteiger partial charge in [-0.25, -0.2) is 0 Å². The normalized spacial score (nSPS) is 24.2. The van der Waals surface area contributed by atoms with E-state index in [9.17, 15) is 5.11 Å². The maximum atomic E-state index is 9.43. The zero-order valence-corrected chi connectivity index (χ0v) is 12.0. The third-order valence-corrected chi connectivity index (χ3v) is 4.47. The number of aliphatic hydroxyl groups excluding tert-OH is 1. The first-order valence-electron chi connectivity index (χ1n) is 5.98. The van der Waals surface area contributed by atoms with E-state index in [2.05, 4.69) is 21.2 Å². The fraction of sp³-hybridized carbons (Fsp3) is 0.538. The summed E-state index contributed by atoms with van der Waals surface area (Å²) in [5.41, 5.74) is 1.22. The Morgan fingerprint density at radius 3 is 2.88 bits per heavy atom. The van der Waals surface area contributed by atoms with Crippen molar-refractivity contribution in [1.29, 1.82) is 0 Å². The number of benzene rings is 1. The van der Waals surface area contributed by atoms with Gasteiger partial charge in [-0.1, -0.05) is 17.7 Å². The lowest BCUT2D eigenvalue weighted by atomic mass is 10.1. The van der Waals surface area contributed by atoms with Crippen molar-refractivity contribution in [2.45, 2.75) is 31.9 Å². The molecular formula is C13H17BrClNO. The van der Waals surface area contributed by atoms with Crippen LogP contribution in [0.3, 0.4) is 0 Å². The summed E-state index contributed by atoms with van der Waals surface area (Å²) in [5.74, 6) is 0.626. The van der Waals surface area contributed by atoms with Crippen molar-refractivity contribution < 1.29 is 5.11 Å². The third kappa shape index (κ3) is 3.95. The SMILES string of the molecule is OC1CCC(CNCc2ccc(Cl)c(Br)c2)C1. The summed E-state index contributed by atoms with van der Waals surface area (Å²) < 4.78 is 0.940. The van der Waals surface area contributed by atoms with E-state index in [1.807, 2.05) is 18.2 Å². The first-order valence-corrected chi connectivity index (χ1v) is 7.15. The van der Waals surface area contributed by atoms with Gasteiger partial charge >= 0.3 is 0 Å². The van der Waals surface area contributed by atoms with E-state index < -0.39 is 0 Å². The van der Waals surface area contributed by atoms with Gasteiger partial charge in [0.1, 0.15) is 0 Å². The Hall–Kier alpha value is -0.0900. The number of hydrogen-bond acceptors (Lipinski definition) is 2. The molecule has 0 bridgehead atoms. The molecule has 0 heterocycles. The van der Waals surface area contributed by atoms with Crippen LogP contribution in [0.1, 0.15) is 24.8 Å². The van der Waals surface area contributed by atoms with Crippen LogP contribution >= 0.6 is 27.5 Å². The van der Waals surface area contributed by atoms with E-state index in [0.717, 1.165) is 41.8 Å². The molecule has 1 saturated carbocycles. The second kappa shape index (κ2) is 6.19. The molecule has 1 fully saturated rings. The first-order chi connectivity index (χ1) is 8.15. The average Bonchev–Trinajstić information content (AvgIpc) is 2.70. The highest BCUT2D eigenvalue weighted by atomic mass is 79.9. The molecule has 1 aromatic carbocycles. The van der Waals surface area contributed by atoms with E-state index >= 15 is 0 Å². The summed E-state index contributed by atoms with van der Waals surface area (Å²) in [7, 11) is 0. The number of rotatable bonds is 4. The fourth-order valence-electron chi connectivity index (χ4n) is 2.30. The van der Waals surface area contributed by atoms with Gasteiger partial charge in [-0.2, -0.15) is 0 Å². The van der Waals surface area contributed by atoms with Crippen LogP contribution in [0.25, 0.3) is 0 Å². The molecule has 0 aliphatic heterocycles. The van der Waals surface area contributed by atoms with Crippen molar-refractivity contribution in [3.05, 3.63) is 33.3 Å². The molecule has 2 rings (SSSR count). The Kier molecular flexibility index (Phi) is 4.86. The molecule has 1 aromatic rings. The molecule has 4 heteroatoms. The molecule has 0 spiro atoms. The fourth-order valence-corrected chi connectivity index (χ4v) is 2.85. The third-order valence-electron chi connectivity index (χ3n) is 3.26. The minimum absolute atomic E-state index is 0.0773.